The first kappa shape index (κ1) is 19.0. The topological polar surface area (TPSA) is 62.9 Å². The average molecular weight is 403 g/mol. The molecule has 0 amide bonds. The molecule has 0 fully saturated rings. The van der Waals surface area contributed by atoms with Crippen LogP contribution in [0.2, 0.25) is 0 Å². The fourth-order valence-electron chi connectivity index (χ4n) is 3.73. The van der Waals surface area contributed by atoms with Gasteiger partial charge in [0.2, 0.25) is 0 Å². The fraction of sp³-hybridized carbons (Fsp3) is 0.115. The van der Waals surface area contributed by atoms with Crippen molar-refractivity contribution >= 4 is 50.3 Å². The molecule has 0 aliphatic carbocycles. The minimum absolute atomic E-state index is 0.740. The summed E-state index contributed by atoms with van der Waals surface area (Å²) >= 11 is 0. The van der Waals surface area contributed by atoms with Crippen molar-refractivity contribution in [3.8, 4) is 0 Å². The predicted octanol–water partition coefficient (Wildman–Crippen LogP) is 6.40. The number of fused-ring (bicyclic) bond motifs is 2. The van der Waals surface area contributed by atoms with E-state index >= 15 is 0 Å². The Labute approximate surface area is 180 Å². The SMILES string of the molecule is CC(=Nc1cccc2cccnc12)C1=CCC(C(C)=Nc2cccc3cccnc23)=N1. The number of aliphatic imine (C=N–C) groups is 3. The number of hydrogen-bond acceptors (Lipinski definition) is 5. The van der Waals surface area contributed by atoms with E-state index in [0.717, 1.165) is 62.4 Å². The molecule has 2 aromatic heterocycles. The van der Waals surface area contributed by atoms with Crippen LogP contribution in [0.1, 0.15) is 20.3 Å². The minimum atomic E-state index is 0.740. The molecule has 0 bridgehead atoms. The normalized spacial score (nSPS) is 14.8. The number of hydrogen-bond donors (Lipinski definition) is 0. The van der Waals surface area contributed by atoms with Crippen molar-refractivity contribution < 1.29 is 0 Å². The summed E-state index contributed by atoms with van der Waals surface area (Å²) < 4.78 is 0. The van der Waals surface area contributed by atoms with E-state index in [-0.39, 0.29) is 0 Å². The van der Waals surface area contributed by atoms with E-state index in [1.165, 1.54) is 0 Å². The highest BCUT2D eigenvalue weighted by Crippen LogP contribution is 2.27. The fourth-order valence-corrected chi connectivity index (χ4v) is 3.73. The lowest BCUT2D eigenvalue weighted by Gasteiger charge is -2.04. The molecule has 5 rings (SSSR count). The zero-order valence-corrected chi connectivity index (χ0v) is 17.4. The number of para-hydroxylation sites is 2. The van der Waals surface area contributed by atoms with Gasteiger partial charge in [0, 0.05) is 29.6 Å². The summed E-state index contributed by atoms with van der Waals surface area (Å²) in [6.07, 6.45) is 6.44. The predicted molar refractivity (Wildman–Crippen MR) is 129 cm³/mol. The van der Waals surface area contributed by atoms with Gasteiger partial charge in [-0.3, -0.25) is 9.97 Å². The van der Waals surface area contributed by atoms with Gasteiger partial charge in [0.15, 0.2) is 0 Å². The van der Waals surface area contributed by atoms with Crippen LogP contribution in [0.3, 0.4) is 0 Å². The van der Waals surface area contributed by atoms with Gasteiger partial charge in [-0.05, 0) is 38.1 Å². The van der Waals surface area contributed by atoms with Crippen molar-refractivity contribution in [2.75, 3.05) is 0 Å². The lowest BCUT2D eigenvalue weighted by molar-refractivity contribution is 1.37. The van der Waals surface area contributed by atoms with Crippen LogP contribution in [0.15, 0.2) is 99.8 Å². The second-order valence-electron chi connectivity index (χ2n) is 7.45. The molecule has 4 aromatic rings. The van der Waals surface area contributed by atoms with Crippen LogP contribution in [-0.2, 0) is 0 Å². The van der Waals surface area contributed by atoms with Crippen LogP contribution in [-0.4, -0.2) is 27.1 Å². The van der Waals surface area contributed by atoms with E-state index < -0.39 is 0 Å². The number of allylic oxidation sites excluding steroid dienone is 2. The molecule has 1 aliphatic rings. The Bertz CT molecular complexity index is 1420. The molecule has 0 radical (unpaired) electrons. The first-order chi connectivity index (χ1) is 15.2. The van der Waals surface area contributed by atoms with Gasteiger partial charge in [-0.25, -0.2) is 15.0 Å². The van der Waals surface area contributed by atoms with E-state index in [4.69, 9.17) is 15.0 Å². The molecule has 5 heteroatoms. The van der Waals surface area contributed by atoms with E-state index in [1.807, 2.05) is 74.5 Å². The summed E-state index contributed by atoms with van der Waals surface area (Å²) in [5, 5.41) is 2.16. The maximum absolute atomic E-state index is 4.83. The Morgan fingerprint density at radius 2 is 1.26 bits per heavy atom. The quantitative estimate of drug-likeness (QED) is 0.370. The van der Waals surface area contributed by atoms with Crippen molar-refractivity contribution in [2.45, 2.75) is 20.3 Å². The van der Waals surface area contributed by atoms with Crippen molar-refractivity contribution in [1.82, 2.24) is 9.97 Å². The summed E-state index contributed by atoms with van der Waals surface area (Å²) in [6, 6.07) is 20.0. The Balaban J connectivity index is 1.44. The van der Waals surface area contributed by atoms with E-state index in [9.17, 15) is 0 Å². The molecule has 0 unspecified atom stereocenters. The zero-order chi connectivity index (χ0) is 21.2. The largest absolute Gasteiger partial charge is 0.254 e. The Morgan fingerprint density at radius 3 is 1.87 bits per heavy atom. The van der Waals surface area contributed by atoms with Gasteiger partial charge in [0.25, 0.3) is 0 Å². The van der Waals surface area contributed by atoms with Crippen molar-refractivity contribution in [2.24, 2.45) is 15.0 Å². The molecule has 0 spiro atoms. The molecule has 2 aromatic carbocycles. The maximum atomic E-state index is 4.83. The van der Waals surface area contributed by atoms with Crippen LogP contribution in [0.4, 0.5) is 11.4 Å². The molecular formula is C26H21N5. The summed E-state index contributed by atoms with van der Waals surface area (Å²) in [6.45, 7) is 3.99. The van der Waals surface area contributed by atoms with Crippen molar-refractivity contribution in [3.63, 3.8) is 0 Å². The highest BCUT2D eigenvalue weighted by molar-refractivity contribution is 6.43. The number of nitrogens with zero attached hydrogens (tertiary/aromatic N) is 5. The third-order valence-electron chi connectivity index (χ3n) is 5.33. The molecule has 0 saturated heterocycles. The first-order valence-electron chi connectivity index (χ1n) is 10.3. The smallest absolute Gasteiger partial charge is 0.0958 e. The van der Waals surface area contributed by atoms with Crippen LogP contribution in [0.5, 0.6) is 0 Å². The number of pyridine rings is 2. The van der Waals surface area contributed by atoms with Gasteiger partial charge < -0.3 is 0 Å². The second kappa shape index (κ2) is 8.03. The molecular weight excluding hydrogens is 382 g/mol. The monoisotopic (exact) mass is 403 g/mol. The summed E-state index contributed by atoms with van der Waals surface area (Å²) in [5.74, 6) is 0. The van der Waals surface area contributed by atoms with E-state index in [2.05, 4.69) is 16.0 Å². The molecule has 150 valence electrons. The minimum Gasteiger partial charge on any atom is -0.254 e. The van der Waals surface area contributed by atoms with Crippen LogP contribution < -0.4 is 0 Å². The lowest BCUT2D eigenvalue weighted by Crippen LogP contribution is -2.07. The third kappa shape index (κ3) is 3.78. The Kier molecular flexibility index (Phi) is 4.92. The van der Waals surface area contributed by atoms with Crippen LogP contribution in [0, 0.1) is 0 Å². The number of rotatable bonds is 4. The molecule has 3 heterocycles. The Morgan fingerprint density at radius 1 is 0.710 bits per heavy atom. The number of aromatic nitrogens is 2. The third-order valence-corrected chi connectivity index (χ3v) is 5.33. The van der Waals surface area contributed by atoms with E-state index in [0.29, 0.717) is 0 Å². The maximum Gasteiger partial charge on any atom is 0.0958 e. The van der Waals surface area contributed by atoms with Crippen molar-refractivity contribution in [3.05, 3.63) is 84.8 Å². The molecule has 0 saturated carbocycles. The molecule has 1 aliphatic heterocycles. The highest BCUT2D eigenvalue weighted by atomic mass is 14.9. The Hall–Kier alpha value is -3.99. The summed E-state index contributed by atoms with van der Waals surface area (Å²) in [5.41, 5.74) is 7.11. The lowest BCUT2D eigenvalue weighted by atomic mass is 10.1. The zero-order valence-electron chi connectivity index (χ0n) is 17.4. The van der Waals surface area contributed by atoms with Gasteiger partial charge in [-0.2, -0.15) is 0 Å². The molecule has 5 nitrogen and oxygen atoms in total. The van der Waals surface area contributed by atoms with Crippen molar-refractivity contribution in [1.29, 1.82) is 0 Å². The average Bonchev–Trinajstić information content (AvgIpc) is 3.30. The second-order valence-corrected chi connectivity index (χ2v) is 7.45. The summed E-state index contributed by atoms with van der Waals surface area (Å²) in [7, 11) is 0. The van der Waals surface area contributed by atoms with Crippen LogP contribution >= 0.6 is 0 Å². The van der Waals surface area contributed by atoms with Gasteiger partial charge in [0.05, 0.1) is 45.2 Å². The van der Waals surface area contributed by atoms with Gasteiger partial charge >= 0.3 is 0 Å². The van der Waals surface area contributed by atoms with Gasteiger partial charge in [-0.15, -0.1) is 0 Å². The highest BCUT2D eigenvalue weighted by Gasteiger charge is 2.14. The van der Waals surface area contributed by atoms with Gasteiger partial charge in [0.1, 0.15) is 0 Å². The first-order valence-corrected chi connectivity index (χ1v) is 10.3. The van der Waals surface area contributed by atoms with Gasteiger partial charge in [-0.1, -0.05) is 42.5 Å². The van der Waals surface area contributed by atoms with Crippen LogP contribution in [0.25, 0.3) is 21.8 Å². The molecule has 0 atom stereocenters. The molecule has 31 heavy (non-hydrogen) atoms. The van der Waals surface area contributed by atoms with E-state index in [1.54, 1.807) is 12.4 Å². The summed E-state index contributed by atoms with van der Waals surface area (Å²) in [4.78, 5) is 23.4. The molecule has 0 N–H and O–H groups in total. The number of benzene rings is 2. The standard InChI is InChI=1S/C26H21N5/c1-17(29-23-11-3-7-19-9-5-15-27-25(19)23)21-13-14-22(31-21)18(2)30-24-12-4-8-20-10-6-16-28-26(20)24/h3-13,15-16H,14H2,1-2H3.